The number of carbonyl (C=O) groups is 2. The van der Waals surface area contributed by atoms with E-state index in [1.807, 2.05) is 20.9 Å². The van der Waals surface area contributed by atoms with E-state index < -0.39 is 5.82 Å². The topological polar surface area (TPSA) is 52.7 Å². The predicted molar refractivity (Wildman–Crippen MR) is 83.3 cm³/mol. The van der Waals surface area contributed by atoms with Gasteiger partial charge < -0.3 is 15.1 Å². The number of nitrogens with zero attached hydrogens (tertiary/aromatic N) is 2. The second kappa shape index (κ2) is 6.04. The van der Waals surface area contributed by atoms with Crippen molar-refractivity contribution in [3.05, 3.63) is 29.6 Å². The fourth-order valence-corrected chi connectivity index (χ4v) is 2.87. The molecule has 0 spiro atoms. The van der Waals surface area contributed by atoms with Crippen LogP contribution in [0.1, 0.15) is 31.1 Å². The maximum atomic E-state index is 14.0. The van der Waals surface area contributed by atoms with E-state index in [2.05, 4.69) is 10.2 Å². The van der Waals surface area contributed by atoms with Crippen molar-refractivity contribution in [1.82, 2.24) is 9.80 Å². The predicted octanol–water partition coefficient (Wildman–Crippen LogP) is 1.95. The number of carbonyl (C=O) groups excluding carboxylic acids is 2. The van der Waals surface area contributed by atoms with Gasteiger partial charge in [-0.25, -0.2) is 4.39 Å². The summed E-state index contributed by atoms with van der Waals surface area (Å²) >= 11 is 0. The minimum atomic E-state index is -0.604. The molecule has 0 aliphatic carbocycles. The van der Waals surface area contributed by atoms with Crippen molar-refractivity contribution in [3.63, 3.8) is 0 Å². The lowest BCUT2D eigenvalue weighted by atomic mass is 9.97. The van der Waals surface area contributed by atoms with Gasteiger partial charge in [-0.3, -0.25) is 9.59 Å². The minimum absolute atomic E-state index is 0.0849. The molecule has 0 bridgehead atoms. The normalized spacial score (nSPS) is 18.1. The van der Waals surface area contributed by atoms with Crippen LogP contribution in [0.2, 0.25) is 0 Å². The minimum Gasteiger partial charge on any atom is -0.331 e. The molecule has 6 heteroatoms. The Labute approximate surface area is 130 Å². The molecule has 0 saturated carbocycles. The van der Waals surface area contributed by atoms with Crippen LogP contribution in [0, 0.1) is 5.82 Å². The Morgan fingerprint density at radius 1 is 1.27 bits per heavy atom. The first-order valence-electron chi connectivity index (χ1n) is 7.28. The number of hydrogen-bond acceptors (Lipinski definition) is 3. The van der Waals surface area contributed by atoms with Gasteiger partial charge in [-0.05, 0) is 39.1 Å². The van der Waals surface area contributed by atoms with Crippen molar-refractivity contribution >= 4 is 17.5 Å². The summed E-state index contributed by atoms with van der Waals surface area (Å²) < 4.78 is 14.0. The number of benzene rings is 1. The van der Waals surface area contributed by atoms with Crippen LogP contribution in [0.3, 0.4) is 0 Å². The number of halogens is 1. The van der Waals surface area contributed by atoms with Gasteiger partial charge in [0.1, 0.15) is 5.82 Å². The van der Waals surface area contributed by atoms with Crippen molar-refractivity contribution in [3.8, 4) is 0 Å². The van der Waals surface area contributed by atoms with E-state index in [-0.39, 0.29) is 23.0 Å². The first kappa shape index (κ1) is 16.4. The molecule has 120 valence electrons. The average molecular weight is 307 g/mol. The van der Waals surface area contributed by atoms with Crippen LogP contribution < -0.4 is 5.32 Å². The van der Waals surface area contributed by atoms with Gasteiger partial charge in [0.05, 0.1) is 11.2 Å². The third-order valence-corrected chi connectivity index (χ3v) is 3.86. The van der Waals surface area contributed by atoms with Crippen molar-refractivity contribution in [2.24, 2.45) is 0 Å². The van der Waals surface area contributed by atoms with E-state index in [1.54, 1.807) is 11.0 Å². The highest BCUT2D eigenvalue weighted by molar-refractivity contribution is 5.96. The fourth-order valence-electron chi connectivity index (χ4n) is 2.87. The second-order valence-electron chi connectivity index (χ2n) is 6.38. The van der Waals surface area contributed by atoms with Crippen LogP contribution in [-0.2, 0) is 4.79 Å². The molecular weight excluding hydrogens is 285 g/mol. The third kappa shape index (κ3) is 3.44. The van der Waals surface area contributed by atoms with Gasteiger partial charge in [0, 0.05) is 32.1 Å². The molecule has 22 heavy (non-hydrogen) atoms. The van der Waals surface area contributed by atoms with E-state index in [0.29, 0.717) is 12.1 Å². The molecule has 0 radical (unpaired) electrons. The molecule has 0 atom stereocenters. The monoisotopic (exact) mass is 307 g/mol. The second-order valence-corrected chi connectivity index (χ2v) is 6.38. The summed E-state index contributed by atoms with van der Waals surface area (Å²) in [5, 5.41) is 2.40. The molecule has 1 aliphatic rings. The Morgan fingerprint density at radius 3 is 2.50 bits per heavy atom. The fraction of sp³-hybridized carbons (Fsp3) is 0.500. The number of piperazine rings is 1. The molecule has 2 amide bonds. The number of rotatable bonds is 2. The first-order valence-corrected chi connectivity index (χ1v) is 7.28. The third-order valence-electron chi connectivity index (χ3n) is 3.86. The summed E-state index contributed by atoms with van der Waals surface area (Å²) in [7, 11) is 2.02. The van der Waals surface area contributed by atoms with Gasteiger partial charge in [-0.1, -0.05) is 0 Å². The van der Waals surface area contributed by atoms with Gasteiger partial charge in [0.25, 0.3) is 5.91 Å². The number of nitrogens with one attached hydrogen (secondary N) is 1. The molecule has 0 unspecified atom stereocenters. The largest absolute Gasteiger partial charge is 0.331 e. The standard InChI is InChI=1S/C16H22FN3O2/c1-11(21)18-14-6-5-12(9-13(14)17)15(22)20-8-7-19(4)10-16(20,2)3/h5-6,9H,7-8,10H2,1-4H3,(H,18,21). The molecule has 1 saturated heterocycles. The Morgan fingerprint density at radius 2 is 1.95 bits per heavy atom. The van der Waals surface area contributed by atoms with Gasteiger partial charge in [0.15, 0.2) is 0 Å². The highest BCUT2D eigenvalue weighted by Crippen LogP contribution is 2.24. The first-order chi connectivity index (χ1) is 10.2. The smallest absolute Gasteiger partial charge is 0.254 e. The maximum Gasteiger partial charge on any atom is 0.254 e. The van der Waals surface area contributed by atoms with E-state index in [4.69, 9.17) is 0 Å². The number of anilines is 1. The van der Waals surface area contributed by atoms with Crippen LogP contribution in [-0.4, -0.2) is 53.8 Å². The summed E-state index contributed by atoms with van der Waals surface area (Å²) in [5.41, 5.74) is 0.0718. The van der Waals surface area contributed by atoms with Gasteiger partial charge in [-0.2, -0.15) is 0 Å². The Kier molecular flexibility index (Phi) is 4.51. The number of likely N-dealkylation sites (N-methyl/N-ethyl adjacent to an activating group) is 1. The SMILES string of the molecule is CC(=O)Nc1ccc(C(=O)N2CCN(C)CC2(C)C)cc1F. The van der Waals surface area contributed by atoms with E-state index in [9.17, 15) is 14.0 Å². The lowest BCUT2D eigenvalue weighted by molar-refractivity contribution is -0.114. The lowest BCUT2D eigenvalue weighted by Gasteiger charge is -2.46. The number of amides is 2. The van der Waals surface area contributed by atoms with Gasteiger partial charge in [-0.15, -0.1) is 0 Å². The van der Waals surface area contributed by atoms with E-state index in [1.165, 1.54) is 19.1 Å². The zero-order chi connectivity index (χ0) is 16.5. The van der Waals surface area contributed by atoms with Crippen molar-refractivity contribution in [1.29, 1.82) is 0 Å². The van der Waals surface area contributed by atoms with Crippen LogP contribution >= 0.6 is 0 Å². The Balaban J connectivity index is 2.22. The molecule has 2 rings (SSSR count). The summed E-state index contributed by atoms with van der Waals surface area (Å²) in [5.74, 6) is -1.14. The van der Waals surface area contributed by atoms with Crippen molar-refractivity contribution in [2.45, 2.75) is 26.3 Å². The van der Waals surface area contributed by atoms with E-state index in [0.717, 1.165) is 13.1 Å². The highest BCUT2D eigenvalue weighted by Gasteiger charge is 2.36. The Bertz CT molecular complexity index is 601. The van der Waals surface area contributed by atoms with Crippen molar-refractivity contribution in [2.75, 3.05) is 32.0 Å². The van der Waals surface area contributed by atoms with Crippen LogP contribution in [0.25, 0.3) is 0 Å². The van der Waals surface area contributed by atoms with E-state index >= 15 is 0 Å². The Hall–Kier alpha value is -1.95. The maximum absolute atomic E-state index is 14.0. The summed E-state index contributed by atoms with van der Waals surface area (Å²) in [6, 6.07) is 4.15. The zero-order valence-corrected chi connectivity index (χ0v) is 13.4. The molecule has 5 nitrogen and oxygen atoms in total. The molecule has 1 heterocycles. The van der Waals surface area contributed by atoms with Crippen LogP contribution in [0.4, 0.5) is 10.1 Å². The van der Waals surface area contributed by atoms with Gasteiger partial charge in [0.2, 0.25) is 5.91 Å². The van der Waals surface area contributed by atoms with Gasteiger partial charge >= 0.3 is 0 Å². The average Bonchev–Trinajstić information content (AvgIpc) is 2.38. The molecular formula is C16H22FN3O2. The number of hydrogen-bond donors (Lipinski definition) is 1. The summed E-state index contributed by atoms with van der Waals surface area (Å²) in [6.07, 6.45) is 0. The summed E-state index contributed by atoms with van der Waals surface area (Å²) in [4.78, 5) is 27.6. The molecule has 1 aliphatic heterocycles. The zero-order valence-electron chi connectivity index (χ0n) is 13.4. The van der Waals surface area contributed by atoms with Crippen LogP contribution in [0.5, 0.6) is 0 Å². The molecule has 1 aromatic carbocycles. The summed E-state index contributed by atoms with van der Waals surface area (Å²) in [6.45, 7) is 7.49. The molecule has 1 fully saturated rings. The van der Waals surface area contributed by atoms with Crippen molar-refractivity contribution < 1.29 is 14.0 Å². The molecule has 1 N–H and O–H groups in total. The molecule has 0 aromatic heterocycles. The highest BCUT2D eigenvalue weighted by atomic mass is 19.1. The lowest BCUT2D eigenvalue weighted by Crippen LogP contribution is -2.60. The molecule has 1 aromatic rings. The quantitative estimate of drug-likeness (QED) is 0.908. The van der Waals surface area contributed by atoms with Crippen LogP contribution in [0.15, 0.2) is 18.2 Å².